The number of pyridine rings is 1. The van der Waals surface area contributed by atoms with Crippen molar-refractivity contribution >= 4 is 5.69 Å². The summed E-state index contributed by atoms with van der Waals surface area (Å²) in [5.74, 6) is -0.348. The minimum atomic E-state index is -2.64. The molecule has 176 valence electrons. The second-order valence-corrected chi connectivity index (χ2v) is 7.06. The molecule has 2 atom stereocenters. The van der Waals surface area contributed by atoms with Crippen LogP contribution in [0.2, 0.25) is 0 Å². The van der Waals surface area contributed by atoms with Crippen LogP contribution in [-0.2, 0) is 11.3 Å². The monoisotopic (exact) mass is 459 g/mol. The second kappa shape index (κ2) is 11.6. The van der Waals surface area contributed by atoms with Crippen molar-refractivity contribution < 1.29 is 17.9 Å². The van der Waals surface area contributed by atoms with E-state index in [2.05, 4.69) is 27.7 Å². The highest BCUT2D eigenvalue weighted by molar-refractivity contribution is 5.59. The first-order valence-electron chi connectivity index (χ1n) is 10.7. The lowest BCUT2D eigenvalue weighted by atomic mass is 10.1. The average Bonchev–Trinajstić information content (AvgIpc) is 3.35. The number of halogens is 3. The molecular weight excluding hydrogens is 431 g/mol. The first-order chi connectivity index (χ1) is 16.0. The number of ether oxygens (including phenoxy) is 1. The maximum atomic E-state index is 13.9. The number of nitrogens with one attached hydrogen (secondary N) is 3. The second-order valence-electron chi connectivity index (χ2n) is 7.06. The van der Waals surface area contributed by atoms with Gasteiger partial charge in [0.2, 0.25) is 0 Å². The van der Waals surface area contributed by atoms with Crippen molar-refractivity contribution in [1.82, 2.24) is 21.2 Å². The number of rotatable bonds is 7. The van der Waals surface area contributed by atoms with Crippen molar-refractivity contribution in [2.45, 2.75) is 39.3 Å². The summed E-state index contributed by atoms with van der Waals surface area (Å²) < 4.78 is 44.6. The number of dihydropyridines is 1. The van der Waals surface area contributed by atoms with Crippen LogP contribution in [-0.4, -0.2) is 24.2 Å². The molecule has 0 amide bonds. The standard InChI is InChI=1S/C22H22F3N5O.C2H6/c1-14(15-7-9-26-10-8-15)30(19-4-2-3-17(23)11-19)13-18-6-5-16(12-27-18)21-28-29-22(31-21)20(24)25;1-2/h2-9,11-12,20-22,26,28-29H,1,10,13H2;1-2H3. The number of nitrogens with zero attached hydrogens (tertiary/aromatic N) is 2. The third-order valence-electron chi connectivity index (χ3n) is 4.94. The van der Waals surface area contributed by atoms with Crippen molar-refractivity contribution in [3.8, 4) is 0 Å². The summed E-state index contributed by atoms with van der Waals surface area (Å²) in [4.78, 5) is 6.33. The molecule has 1 aromatic carbocycles. The quantitative estimate of drug-likeness (QED) is 0.566. The van der Waals surface area contributed by atoms with Gasteiger partial charge in [0.25, 0.3) is 6.43 Å². The summed E-state index contributed by atoms with van der Waals surface area (Å²) in [5, 5.41) is 3.09. The van der Waals surface area contributed by atoms with E-state index in [1.54, 1.807) is 30.5 Å². The van der Waals surface area contributed by atoms with Crippen LogP contribution in [0.5, 0.6) is 0 Å². The fourth-order valence-corrected chi connectivity index (χ4v) is 3.31. The molecule has 33 heavy (non-hydrogen) atoms. The van der Waals surface area contributed by atoms with Crippen LogP contribution in [0.25, 0.3) is 0 Å². The minimum absolute atomic E-state index is 0.345. The first kappa shape index (κ1) is 24.5. The van der Waals surface area contributed by atoms with E-state index < -0.39 is 18.9 Å². The maximum absolute atomic E-state index is 13.9. The highest BCUT2D eigenvalue weighted by Gasteiger charge is 2.32. The molecule has 2 unspecified atom stereocenters. The Morgan fingerprint density at radius 3 is 2.67 bits per heavy atom. The molecule has 1 aromatic heterocycles. The summed E-state index contributed by atoms with van der Waals surface area (Å²) in [6.45, 7) is 9.23. The Morgan fingerprint density at radius 1 is 1.24 bits per heavy atom. The normalized spacial score (nSPS) is 19.4. The average molecular weight is 460 g/mol. The Balaban J connectivity index is 0.00000149. The molecule has 4 rings (SSSR count). The van der Waals surface area contributed by atoms with E-state index in [4.69, 9.17) is 4.74 Å². The molecule has 0 saturated carbocycles. The van der Waals surface area contributed by atoms with Gasteiger partial charge in [-0.15, -0.1) is 0 Å². The van der Waals surface area contributed by atoms with Crippen LogP contribution in [0.3, 0.4) is 0 Å². The number of hydrogen-bond donors (Lipinski definition) is 3. The van der Waals surface area contributed by atoms with Crippen molar-refractivity contribution in [1.29, 1.82) is 0 Å². The van der Waals surface area contributed by atoms with E-state index >= 15 is 0 Å². The van der Waals surface area contributed by atoms with Crippen LogP contribution in [0.4, 0.5) is 18.9 Å². The number of hydrazine groups is 1. The summed E-state index contributed by atoms with van der Waals surface area (Å²) in [6, 6.07) is 9.81. The minimum Gasteiger partial charge on any atom is -0.387 e. The predicted octanol–water partition coefficient (Wildman–Crippen LogP) is 4.52. The summed E-state index contributed by atoms with van der Waals surface area (Å²) in [7, 11) is 0. The van der Waals surface area contributed by atoms with Crippen molar-refractivity contribution in [2.24, 2.45) is 0 Å². The molecule has 0 aliphatic carbocycles. The van der Waals surface area contributed by atoms with Crippen LogP contribution in [0.1, 0.15) is 31.3 Å². The zero-order chi connectivity index (χ0) is 23.8. The Morgan fingerprint density at radius 2 is 2.06 bits per heavy atom. The fraction of sp³-hybridized carbons (Fsp3) is 0.292. The molecular formula is C24H28F3N5O. The number of allylic oxidation sites excluding steroid dienone is 1. The van der Waals surface area contributed by atoms with E-state index in [1.807, 2.05) is 37.1 Å². The molecule has 2 aliphatic heterocycles. The zero-order valence-corrected chi connectivity index (χ0v) is 18.6. The third-order valence-corrected chi connectivity index (χ3v) is 4.94. The Bertz CT molecular complexity index is 994. The van der Waals surface area contributed by atoms with Gasteiger partial charge in [0.1, 0.15) is 5.82 Å². The molecule has 2 aromatic rings. The number of aromatic nitrogens is 1. The van der Waals surface area contributed by atoms with Crippen molar-refractivity contribution in [3.63, 3.8) is 0 Å². The lowest BCUT2D eigenvalue weighted by Crippen LogP contribution is -2.35. The molecule has 2 aliphatic rings. The Hall–Kier alpha value is -3.14. The largest absolute Gasteiger partial charge is 0.387 e. The van der Waals surface area contributed by atoms with Crippen LogP contribution in [0, 0.1) is 5.82 Å². The summed E-state index contributed by atoms with van der Waals surface area (Å²) in [5.41, 5.74) is 8.67. The van der Waals surface area contributed by atoms with Gasteiger partial charge in [-0.25, -0.2) is 24.0 Å². The molecule has 3 N–H and O–H groups in total. The van der Waals surface area contributed by atoms with Crippen LogP contribution in [0.15, 0.2) is 78.8 Å². The van der Waals surface area contributed by atoms with E-state index in [1.165, 1.54) is 12.1 Å². The van der Waals surface area contributed by atoms with E-state index in [9.17, 15) is 13.2 Å². The number of alkyl halides is 2. The molecule has 9 heteroatoms. The SMILES string of the molecule is C=C(C1=CCNC=C1)N(Cc1ccc(C2NNC(C(F)F)O2)cn1)c1cccc(F)c1.CC. The summed E-state index contributed by atoms with van der Waals surface area (Å²) in [6.07, 6.45) is 2.58. The predicted molar refractivity (Wildman–Crippen MR) is 122 cm³/mol. The first-order valence-corrected chi connectivity index (χ1v) is 10.7. The summed E-state index contributed by atoms with van der Waals surface area (Å²) >= 11 is 0. The lowest BCUT2D eigenvalue weighted by molar-refractivity contribution is -0.0600. The smallest absolute Gasteiger partial charge is 0.278 e. The Kier molecular flexibility index (Phi) is 8.65. The van der Waals surface area contributed by atoms with Gasteiger partial charge < -0.3 is 15.0 Å². The molecule has 1 saturated heterocycles. The third kappa shape index (κ3) is 6.22. The number of hydrogen-bond acceptors (Lipinski definition) is 6. The van der Waals surface area contributed by atoms with Gasteiger partial charge in [-0.05, 0) is 42.1 Å². The maximum Gasteiger partial charge on any atom is 0.278 e. The van der Waals surface area contributed by atoms with E-state index in [0.29, 0.717) is 35.7 Å². The van der Waals surface area contributed by atoms with Crippen LogP contribution >= 0.6 is 0 Å². The lowest BCUT2D eigenvalue weighted by Gasteiger charge is -2.28. The van der Waals surface area contributed by atoms with Crippen molar-refractivity contribution in [3.05, 3.63) is 95.9 Å². The molecule has 0 bridgehead atoms. The highest BCUT2D eigenvalue weighted by atomic mass is 19.3. The van der Waals surface area contributed by atoms with E-state index in [0.717, 1.165) is 5.57 Å². The van der Waals surface area contributed by atoms with Gasteiger partial charge in [0.05, 0.1) is 12.2 Å². The Labute approximate surface area is 191 Å². The number of benzene rings is 1. The molecule has 1 fully saturated rings. The molecule has 3 heterocycles. The highest BCUT2D eigenvalue weighted by Crippen LogP contribution is 2.27. The van der Waals surface area contributed by atoms with Gasteiger partial charge in [0, 0.05) is 29.7 Å². The van der Waals surface area contributed by atoms with Gasteiger partial charge in [0.15, 0.2) is 12.5 Å². The van der Waals surface area contributed by atoms with Crippen LogP contribution < -0.4 is 21.1 Å². The topological polar surface area (TPSA) is 61.5 Å². The van der Waals surface area contributed by atoms with Gasteiger partial charge >= 0.3 is 0 Å². The zero-order valence-electron chi connectivity index (χ0n) is 18.6. The fourth-order valence-electron chi connectivity index (χ4n) is 3.31. The van der Waals surface area contributed by atoms with Gasteiger partial charge in [-0.3, -0.25) is 4.98 Å². The number of anilines is 1. The molecule has 0 spiro atoms. The van der Waals surface area contributed by atoms with Crippen molar-refractivity contribution in [2.75, 3.05) is 11.4 Å². The van der Waals surface area contributed by atoms with E-state index in [-0.39, 0.29) is 5.82 Å². The van der Waals surface area contributed by atoms with Gasteiger partial charge in [-0.1, -0.05) is 38.6 Å². The molecule has 6 nitrogen and oxygen atoms in total. The molecule has 0 radical (unpaired) electrons. The van der Waals surface area contributed by atoms with Gasteiger partial charge in [-0.2, -0.15) is 0 Å².